The van der Waals surface area contributed by atoms with Gasteiger partial charge < -0.3 is 94.4 Å². The van der Waals surface area contributed by atoms with Crippen LogP contribution in [0.2, 0.25) is 0 Å². The van der Waals surface area contributed by atoms with E-state index < -0.39 is 192 Å². The van der Waals surface area contributed by atoms with Gasteiger partial charge >= 0.3 is 17.9 Å². The van der Waals surface area contributed by atoms with Crippen molar-refractivity contribution in [1.29, 1.82) is 0 Å². The average molecular weight is 1530 g/mol. The molecule has 11 atom stereocenters. The number of amides is 12. The summed E-state index contributed by atoms with van der Waals surface area (Å²) in [7, 11) is 1.44. The van der Waals surface area contributed by atoms with Crippen LogP contribution in [0.3, 0.4) is 0 Å². The van der Waals surface area contributed by atoms with Crippen molar-refractivity contribution in [2.75, 3.05) is 30.1 Å². The van der Waals surface area contributed by atoms with E-state index in [1.807, 2.05) is 0 Å². The van der Waals surface area contributed by atoms with E-state index in [0.29, 0.717) is 27.5 Å². The monoisotopic (exact) mass is 1530 g/mol. The summed E-state index contributed by atoms with van der Waals surface area (Å²) < 4.78 is 0. The minimum Gasteiger partial charge on any atom is -0.508 e. The van der Waals surface area contributed by atoms with Crippen LogP contribution in [-0.2, 0) is 97.6 Å². The highest BCUT2D eigenvalue weighted by atomic mass is 33.1. The first-order valence-corrected chi connectivity index (χ1v) is 37.0. The Bertz CT molecular complexity index is 3810. The number of phenolic OH excluding ortho intramolecular Hbond substituents is 3. The molecule has 0 spiro atoms. The number of phenols is 3. The summed E-state index contributed by atoms with van der Waals surface area (Å²) in [6, 6.07) is 5.30. The highest BCUT2D eigenvalue weighted by Crippen LogP contribution is 2.25. The summed E-state index contributed by atoms with van der Waals surface area (Å²) >= 11 is 1.22. The molecular weight excluding hydrogens is 1440 g/mol. The van der Waals surface area contributed by atoms with Crippen LogP contribution in [-0.4, -0.2) is 216 Å². The van der Waals surface area contributed by atoms with Gasteiger partial charge in [0, 0.05) is 50.0 Å². The number of unbranched alkanes of at least 4 members (excludes halogenated alkanes) is 1. The fourth-order valence-electron chi connectivity index (χ4n) is 10.2. The maximum Gasteiger partial charge on any atom is 0.336 e. The number of carboxylic acid groups (broad SMARTS) is 3. The van der Waals surface area contributed by atoms with Gasteiger partial charge in [0.2, 0.25) is 71.0 Å². The molecule has 1 aliphatic heterocycles. The third kappa shape index (κ3) is 29.2. The lowest BCUT2D eigenvalue weighted by atomic mass is 10.0. The van der Waals surface area contributed by atoms with Crippen molar-refractivity contribution in [3.63, 3.8) is 0 Å². The van der Waals surface area contributed by atoms with E-state index in [-0.39, 0.29) is 73.5 Å². The van der Waals surface area contributed by atoms with Gasteiger partial charge in [-0.15, -0.1) is 12.3 Å². The largest absolute Gasteiger partial charge is 0.508 e. The second kappa shape index (κ2) is 43.3. The number of nitrogens with one attached hydrogen (secondary N) is 12. The minimum atomic E-state index is -2.50. The summed E-state index contributed by atoms with van der Waals surface area (Å²) in [6.07, 6.45) is 4.83. The second-order valence-electron chi connectivity index (χ2n) is 24.7. The van der Waals surface area contributed by atoms with Gasteiger partial charge in [-0.25, -0.2) is 9.59 Å². The van der Waals surface area contributed by atoms with Crippen LogP contribution < -0.4 is 63.8 Å². The van der Waals surface area contributed by atoms with Crippen LogP contribution in [0, 0.1) is 18.3 Å². The molecule has 0 aliphatic carbocycles. The summed E-state index contributed by atoms with van der Waals surface area (Å²) in [5.74, 6) is -18.0. The van der Waals surface area contributed by atoms with Gasteiger partial charge in [0.05, 0.1) is 13.0 Å². The third-order valence-electron chi connectivity index (χ3n) is 16.0. The van der Waals surface area contributed by atoms with Crippen LogP contribution in [0.5, 0.6) is 17.2 Å². The second-order valence-corrected chi connectivity index (χ2v) is 28.2. The molecule has 4 aromatic carbocycles. The highest BCUT2D eigenvalue weighted by molar-refractivity contribution is 8.76. The molecule has 570 valence electrons. The van der Waals surface area contributed by atoms with E-state index in [2.05, 4.69) is 69.7 Å². The van der Waals surface area contributed by atoms with E-state index in [1.165, 1.54) is 105 Å². The first-order chi connectivity index (χ1) is 50.3. The molecule has 33 nitrogen and oxygen atoms in total. The quantitative estimate of drug-likeness (QED) is 0.0126. The maximum atomic E-state index is 15.1. The Morgan fingerprint density at radius 1 is 0.575 bits per heavy atom. The van der Waals surface area contributed by atoms with Gasteiger partial charge in [-0.1, -0.05) is 102 Å². The van der Waals surface area contributed by atoms with Crippen molar-refractivity contribution in [3.8, 4) is 29.6 Å². The van der Waals surface area contributed by atoms with Crippen molar-refractivity contribution >= 4 is 122 Å². The van der Waals surface area contributed by atoms with Crippen molar-refractivity contribution in [2.24, 2.45) is 5.92 Å². The molecule has 1 fully saturated rings. The standard InChI is InChI=1S/C70H86N12O21S3/c1-6-7-9-14-54(86)73-47(30-40-15-21-43(83)22-16-40)63(94)80-53-36-106-105-35-52(66(97)77-50(32-42-19-25-45(85)26-20-42)64(95)75-46(27-28-104-5)60(91)78-51(33-56(88)89)65(96)81-57(37(2)3)69(100)101)79-59(90)38(4)72-61(92)49(31-41-17-23-44(84)24-18-41)76-62(93)48(29-39-12-10-8-11-13-39)74-55(87)34-71-68(99)58(70(102)103)82-67(53)98/h1,8,10-13,15-26,37-38,46-53,57-58,83-85H,7,9,14,27-36H2,2-5H3,(H,71,99)(H,72,92)(H,73,86)(H,74,87)(H,75,95)(H,76,93)(H,77,97)(H,78,91)(H,79,90)(H,80,94)(H,81,96)(H,82,98)(H,88,89)(H,100,101)(H,102,103)/t38-,46-,47-,48+,49-,50-,51-,52+,53-,57-,58+/m1/s1. The molecule has 0 radical (unpaired) electrons. The van der Waals surface area contributed by atoms with Crippen molar-refractivity contribution in [3.05, 3.63) is 125 Å². The zero-order valence-electron chi connectivity index (χ0n) is 58.0. The molecular formula is C70H86N12O21S3. The van der Waals surface area contributed by atoms with Crippen LogP contribution in [0.15, 0.2) is 103 Å². The Balaban J connectivity index is 1.61. The van der Waals surface area contributed by atoms with Gasteiger partial charge in [-0.2, -0.15) is 11.8 Å². The zero-order chi connectivity index (χ0) is 78.2. The minimum absolute atomic E-state index is 0.141. The van der Waals surface area contributed by atoms with Crippen molar-refractivity contribution in [1.82, 2.24) is 63.8 Å². The molecule has 0 unspecified atom stereocenters. The van der Waals surface area contributed by atoms with Gasteiger partial charge in [0.1, 0.15) is 77.7 Å². The molecule has 4 aromatic rings. The van der Waals surface area contributed by atoms with Gasteiger partial charge in [-0.3, -0.25) is 62.3 Å². The lowest BCUT2D eigenvalue weighted by Gasteiger charge is -2.28. The number of carbonyl (C=O) groups excluding carboxylic acids is 12. The van der Waals surface area contributed by atoms with Crippen LogP contribution in [0.4, 0.5) is 0 Å². The molecule has 36 heteroatoms. The smallest absolute Gasteiger partial charge is 0.336 e. The molecule has 18 N–H and O–H groups in total. The van der Waals surface area contributed by atoms with Crippen molar-refractivity contribution in [2.45, 2.75) is 145 Å². The molecule has 1 aliphatic rings. The Labute approximate surface area is 621 Å². The molecule has 12 amide bonds. The number of hydrogen-bond donors (Lipinski definition) is 18. The Hall–Kier alpha value is -11.1. The predicted octanol–water partition coefficient (Wildman–Crippen LogP) is -1.21. The van der Waals surface area contributed by atoms with E-state index in [1.54, 1.807) is 36.6 Å². The molecule has 106 heavy (non-hydrogen) atoms. The molecule has 0 saturated carbocycles. The summed E-state index contributed by atoms with van der Waals surface area (Å²) in [6.45, 7) is 3.16. The number of benzene rings is 4. The number of aliphatic carboxylic acids is 3. The number of terminal acetylenes is 1. The Kier molecular flexibility index (Phi) is 34.9. The molecule has 0 bridgehead atoms. The molecule has 1 saturated heterocycles. The molecule has 0 aromatic heterocycles. The molecule has 5 rings (SSSR count). The fraction of sp³-hybridized carbons (Fsp3) is 0.414. The lowest BCUT2D eigenvalue weighted by Crippen LogP contribution is -2.61. The number of aromatic hydroxyl groups is 3. The number of carboxylic acids is 3. The summed E-state index contributed by atoms with van der Waals surface area (Å²) in [5, 5.41) is 89.3. The van der Waals surface area contributed by atoms with Gasteiger partial charge in [0.25, 0.3) is 5.91 Å². The van der Waals surface area contributed by atoms with E-state index in [9.17, 15) is 97.8 Å². The Morgan fingerprint density at radius 3 is 1.64 bits per heavy atom. The van der Waals surface area contributed by atoms with E-state index in [4.69, 9.17) is 6.42 Å². The normalized spacial score (nSPS) is 19.2. The summed E-state index contributed by atoms with van der Waals surface area (Å²) in [4.78, 5) is 208. The van der Waals surface area contributed by atoms with Crippen LogP contribution >= 0.6 is 33.3 Å². The topological polar surface area (TPSA) is 522 Å². The van der Waals surface area contributed by atoms with Crippen LogP contribution in [0.1, 0.15) is 75.1 Å². The Morgan fingerprint density at radius 2 is 1.09 bits per heavy atom. The number of carbonyl (C=O) groups is 15. The van der Waals surface area contributed by atoms with Gasteiger partial charge in [0.15, 0.2) is 0 Å². The fourth-order valence-corrected chi connectivity index (χ4v) is 13.0. The summed E-state index contributed by atoms with van der Waals surface area (Å²) in [5.41, 5.74) is 1.53. The van der Waals surface area contributed by atoms with Crippen LogP contribution in [0.25, 0.3) is 0 Å². The maximum absolute atomic E-state index is 15.1. The van der Waals surface area contributed by atoms with Crippen molar-refractivity contribution < 1.29 is 103 Å². The third-order valence-corrected chi connectivity index (χ3v) is 19.0. The number of thioether (sulfide) groups is 1. The first kappa shape index (κ1) is 85.6. The molecule has 1 heterocycles. The highest BCUT2D eigenvalue weighted by Gasteiger charge is 2.38. The predicted molar refractivity (Wildman–Crippen MR) is 388 cm³/mol. The first-order valence-electron chi connectivity index (χ1n) is 33.2. The van der Waals surface area contributed by atoms with Gasteiger partial charge in [-0.05, 0) is 96.3 Å². The lowest BCUT2D eigenvalue weighted by molar-refractivity contribution is -0.147. The zero-order valence-corrected chi connectivity index (χ0v) is 60.5. The number of hydrogen-bond acceptors (Lipinski definition) is 21. The SMILES string of the molecule is C#CCCCC(=O)N[C@H](Cc1ccc(O)cc1)C(=O)N[C@@H]1CSSC[C@@H](C(=O)N[C@H](Cc2ccc(O)cc2)C(=O)N[C@H](CCSC)C(=O)N[C@H](CC(=O)O)C(=O)N[C@@H](C(=O)O)C(C)C)NC(=O)[C@@H](C)NC(=O)[C@@H](Cc2ccc(O)cc2)NC(=O)[C@H](Cc2ccccc2)NC(=O)CNC(=O)[C@@H](C(=O)O)NC1=O. The average Bonchev–Trinajstić information content (AvgIpc) is 0.886. The number of rotatable bonds is 30. The van der Waals surface area contributed by atoms with E-state index in [0.717, 1.165) is 10.8 Å². The van der Waals surface area contributed by atoms with E-state index >= 15 is 4.79 Å².